The van der Waals surface area contributed by atoms with Crippen molar-refractivity contribution in [1.82, 2.24) is 45.8 Å². The van der Waals surface area contributed by atoms with Crippen molar-refractivity contribution < 1.29 is 18.9 Å². The largest absolute Gasteiger partial charge is 0.372 e. The van der Waals surface area contributed by atoms with Gasteiger partial charge in [0, 0.05) is 110 Å². The Balaban J connectivity index is 0.767. The van der Waals surface area contributed by atoms with Crippen LogP contribution >= 0.6 is 0 Å². The summed E-state index contributed by atoms with van der Waals surface area (Å²) in [5.74, 6) is 1.48. The Hall–Kier alpha value is -6.68. The van der Waals surface area contributed by atoms with Gasteiger partial charge in [0.2, 0.25) is 11.8 Å². The zero-order valence-electron chi connectivity index (χ0n) is 36.5. The van der Waals surface area contributed by atoms with Crippen LogP contribution in [0.15, 0.2) is 77.6 Å². The Morgan fingerprint density at radius 1 is 0.857 bits per heavy atom. The fourth-order valence-electron chi connectivity index (χ4n) is 8.85. The van der Waals surface area contributed by atoms with Gasteiger partial charge in [-0.25, -0.2) is 14.8 Å². The number of carbonyl (C=O) groups excluding carboxylic acids is 3. The molecule has 3 aliphatic heterocycles. The molecule has 1 unspecified atom stereocenters. The van der Waals surface area contributed by atoms with E-state index in [1.54, 1.807) is 4.90 Å². The number of urea groups is 1. The zero-order chi connectivity index (χ0) is 43.8. The number of amides is 4. The maximum absolute atomic E-state index is 12.9. The van der Waals surface area contributed by atoms with Crippen molar-refractivity contribution in [1.29, 1.82) is 0 Å². The van der Waals surface area contributed by atoms with Crippen molar-refractivity contribution in [3.63, 3.8) is 0 Å². The highest BCUT2D eigenvalue weighted by atomic mass is 16.5. The van der Waals surface area contributed by atoms with Gasteiger partial charge < -0.3 is 19.6 Å². The Labute approximate surface area is 366 Å². The highest BCUT2D eigenvalue weighted by Gasteiger charge is 2.28. The van der Waals surface area contributed by atoms with E-state index in [0.29, 0.717) is 30.4 Å². The Kier molecular flexibility index (Phi) is 11.4. The Morgan fingerprint density at radius 2 is 1.59 bits per heavy atom. The molecular formula is C47H54N12O4. The number of aromatic nitrogens is 6. The van der Waals surface area contributed by atoms with E-state index in [4.69, 9.17) is 9.51 Å². The first-order valence-corrected chi connectivity index (χ1v) is 21.9. The molecule has 9 rings (SSSR count). The van der Waals surface area contributed by atoms with Gasteiger partial charge in [-0.2, -0.15) is 10.1 Å². The summed E-state index contributed by atoms with van der Waals surface area (Å²) in [5, 5.41) is 17.9. The average Bonchev–Trinajstić information content (AvgIpc) is 3.96. The van der Waals surface area contributed by atoms with Crippen LogP contribution in [-0.4, -0.2) is 105 Å². The maximum atomic E-state index is 12.9. The van der Waals surface area contributed by atoms with Gasteiger partial charge >= 0.3 is 6.03 Å². The molecule has 0 aliphatic carbocycles. The molecule has 3 fully saturated rings. The lowest BCUT2D eigenvalue weighted by molar-refractivity contribution is -0.120. The van der Waals surface area contributed by atoms with Gasteiger partial charge in [-0.1, -0.05) is 38.1 Å². The standard InChI is InChI=1S/C47H54N12O4/c1-29-24-32(6-12-37(29)30(2)50-44(61)43-52-45(63-55-43)47(3,4)5)41-38-25-34(27-49-42(38)54-53-41)33-7-13-39(48-26-33)58-22-20-56(21-23-58)28-31-14-17-57(18-15-31)35-8-10-36(11-9-35)59-19-16-40(60)51-46(59)62/h6-13,24-27,30-31H,14-23,28H2,1-5H3,(H,50,61)(H,49,53,54)(H,51,60,62). The van der Waals surface area contributed by atoms with Gasteiger partial charge in [0.25, 0.3) is 11.7 Å². The summed E-state index contributed by atoms with van der Waals surface area (Å²) < 4.78 is 5.31. The number of piperazine rings is 1. The van der Waals surface area contributed by atoms with Crippen LogP contribution < -0.4 is 25.3 Å². The number of nitrogens with one attached hydrogen (secondary N) is 3. The van der Waals surface area contributed by atoms with Gasteiger partial charge in [0.15, 0.2) is 5.65 Å². The van der Waals surface area contributed by atoms with Gasteiger partial charge in [-0.3, -0.25) is 29.8 Å². The van der Waals surface area contributed by atoms with E-state index in [0.717, 1.165) is 109 Å². The lowest BCUT2D eigenvalue weighted by Gasteiger charge is -2.39. The van der Waals surface area contributed by atoms with Gasteiger partial charge in [-0.15, -0.1) is 0 Å². The number of nitrogens with zero attached hydrogens (tertiary/aromatic N) is 9. The van der Waals surface area contributed by atoms with E-state index in [1.807, 2.05) is 71.3 Å². The fraction of sp³-hybridized carbons (Fsp3) is 0.404. The van der Waals surface area contributed by atoms with E-state index in [1.165, 1.54) is 5.69 Å². The number of pyridine rings is 2. The lowest BCUT2D eigenvalue weighted by Crippen LogP contribution is -2.49. The molecule has 2 aromatic carbocycles. The zero-order valence-corrected chi connectivity index (χ0v) is 36.5. The maximum Gasteiger partial charge on any atom is 0.328 e. The number of benzene rings is 2. The molecule has 326 valence electrons. The summed E-state index contributed by atoms with van der Waals surface area (Å²) >= 11 is 0. The quantitative estimate of drug-likeness (QED) is 0.134. The normalized spacial score (nSPS) is 17.3. The molecule has 3 aliphatic rings. The second-order valence-corrected chi connectivity index (χ2v) is 18.0. The summed E-state index contributed by atoms with van der Waals surface area (Å²) in [5.41, 5.74) is 8.06. The molecule has 0 radical (unpaired) electrons. The number of carbonyl (C=O) groups is 3. The number of H-pyrrole nitrogens is 1. The molecule has 4 aromatic heterocycles. The highest BCUT2D eigenvalue weighted by Crippen LogP contribution is 2.33. The van der Waals surface area contributed by atoms with Crippen molar-refractivity contribution in [3.05, 3.63) is 95.9 Å². The number of hydrogen-bond acceptors (Lipinski definition) is 12. The summed E-state index contributed by atoms with van der Waals surface area (Å²) in [7, 11) is 0. The first kappa shape index (κ1) is 41.7. The minimum absolute atomic E-state index is 0.0201. The molecule has 7 heterocycles. The third-order valence-corrected chi connectivity index (χ3v) is 12.5. The third-order valence-electron chi connectivity index (χ3n) is 12.5. The number of piperidine rings is 1. The van der Waals surface area contributed by atoms with Crippen LogP contribution in [0.4, 0.5) is 22.0 Å². The lowest BCUT2D eigenvalue weighted by atomic mass is 9.95. The molecule has 1 atom stereocenters. The van der Waals surface area contributed by atoms with E-state index >= 15 is 0 Å². The number of rotatable bonds is 10. The minimum Gasteiger partial charge on any atom is -0.372 e. The highest BCUT2D eigenvalue weighted by molar-refractivity contribution is 6.05. The van der Waals surface area contributed by atoms with Crippen molar-refractivity contribution in [2.24, 2.45) is 5.92 Å². The minimum atomic E-state index is -0.386. The Bertz CT molecular complexity index is 2620. The SMILES string of the molecule is Cc1cc(-c2[nH]nc3ncc(-c4ccc(N5CCN(CC6CCN(c7ccc(N8CCC(=O)NC8=O)cc7)CC6)CC5)nc4)cc23)ccc1C(C)NC(=O)c1noc(C(C)(C)C)n1. The summed E-state index contributed by atoms with van der Waals surface area (Å²) in [6, 6.07) is 20.0. The molecule has 3 N–H and O–H groups in total. The van der Waals surface area contributed by atoms with E-state index < -0.39 is 0 Å². The first-order valence-electron chi connectivity index (χ1n) is 21.9. The van der Waals surface area contributed by atoms with E-state index in [-0.39, 0.29) is 35.1 Å². The van der Waals surface area contributed by atoms with Crippen molar-refractivity contribution in [2.45, 2.75) is 65.3 Å². The van der Waals surface area contributed by atoms with E-state index in [2.05, 4.69) is 87.1 Å². The van der Waals surface area contributed by atoms with Crippen LogP contribution in [0, 0.1) is 12.8 Å². The van der Waals surface area contributed by atoms with Crippen molar-refractivity contribution >= 4 is 46.1 Å². The average molecular weight is 851 g/mol. The third kappa shape index (κ3) is 8.98. The monoisotopic (exact) mass is 850 g/mol. The Morgan fingerprint density at radius 3 is 2.27 bits per heavy atom. The topological polar surface area (TPSA) is 182 Å². The molecule has 0 spiro atoms. The molecule has 3 saturated heterocycles. The molecule has 63 heavy (non-hydrogen) atoms. The molecular weight excluding hydrogens is 797 g/mol. The molecule has 4 amide bonds. The molecule has 16 nitrogen and oxygen atoms in total. The van der Waals surface area contributed by atoms with Gasteiger partial charge in [0.1, 0.15) is 5.82 Å². The van der Waals surface area contributed by atoms with Crippen LogP contribution in [0.5, 0.6) is 0 Å². The van der Waals surface area contributed by atoms with Gasteiger partial charge in [-0.05, 0) is 92.3 Å². The molecule has 6 aromatic rings. The number of aromatic amines is 1. The van der Waals surface area contributed by atoms with Gasteiger partial charge in [0.05, 0.1) is 11.7 Å². The second kappa shape index (κ2) is 17.2. The second-order valence-electron chi connectivity index (χ2n) is 18.0. The number of fused-ring (bicyclic) bond motifs is 1. The van der Waals surface area contributed by atoms with Crippen LogP contribution in [0.1, 0.15) is 80.6 Å². The predicted molar refractivity (Wildman–Crippen MR) is 242 cm³/mol. The molecule has 0 bridgehead atoms. The smallest absolute Gasteiger partial charge is 0.328 e. The van der Waals surface area contributed by atoms with Crippen molar-refractivity contribution in [2.75, 3.05) is 67.1 Å². The first-order chi connectivity index (χ1) is 30.4. The van der Waals surface area contributed by atoms with Crippen LogP contribution in [0.25, 0.3) is 33.4 Å². The van der Waals surface area contributed by atoms with Crippen molar-refractivity contribution in [3.8, 4) is 22.4 Å². The van der Waals surface area contributed by atoms with Crippen LogP contribution in [-0.2, 0) is 10.2 Å². The number of anilines is 3. The van der Waals surface area contributed by atoms with Crippen LogP contribution in [0.2, 0.25) is 0 Å². The van der Waals surface area contributed by atoms with Crippen LogP contribution in [0.3, 0.4) is 0 Å². The molecule has 0 saturated carbocycles. The number of imide groups is 1. The number of hydrogen-bond donors (Lipinski definition) is 3. The predicted octanol–water partition coefficient (Wildman–Crippen LogP) is 6.65. The summed E-state index contributed by atoms with van der Waals surface area (Å²) in [6.07, 6.45) is 6.40. The summed E-state index contributed by atoms with van der Waals surface area (Å²) in [6.45, 7) is 17.3. The number of aryl methyl sites for hydroxylation is 1. The summed E-state index contributed by atoms with van der Waals surface area (Å²) in [4.78, 5) is 59.6. The fourth-order valence-corrected chi connectivity index (χ4v) is 8.85. The molecule has 16 heteroatoms. The van der Waals surface area contributed by atoms with E-state index in [9.17, 15) is 14.4 Å².